The summed E-state index contributed by atoms with van der Waals surface area (Å²) in [6, 6.07) is 8.88. The Labute approximate surface area is 123 Å². The Morgan fingerprint density at radius 2 is 1.68 bits per heavy atom. The van der Waals surface area contributed by atoms with Gasteiger partial charge >= 0.3 is 0 Å². The number of methoxy groups -OCH3 is 1. The maximum absolute atomic E-state index is 5.30. The van der Waals surface area contributed by atoms with E-state index in [1.165, 1.54) is 38.5 Å². The normalized spacial score (nSPS) is 43.5. The van der Waals surface area contributed by atoms with Crippen molar-refractivity contribution in [2.75, 3.05) is 7.11 Å². The minimum absolute atomic E-state index is 0.441. The SMILES string of the molecule is COc1ccc(C23CC4CC(CC(Br)(C4)C2)C3)cc1. The van der Waals surface area contributed by atoms with E-state index in [2.05, 4.69) is 40.2 Å². The molecule has 0 N–H and O–H groups in total. The molecule has 0 aromatic heterocycles. The highest BCUT2D eigenvalue weighted by molar-refractivity contribution is 9.10. The summed E-state index contributed by atoms with van der Waals surface area (Å²) in [6.07, 6.45) is 8.43. The topological polar surface area (TPSA) is 9.23 Å². The van der Waals surface area contributed by atoms with Crippen molar-refractivity contribution < 1.29 is 4.74 Å². The van der Waals surface area contributed by atoms with Crippen molar-refractivity contribution in [2.24, 2.45) is 11.8 Å². The summed E-state index contributed by atoms with van der Waals surface area (Å²) < 4.78 is 5.74. The van der Waals surface area contributed by atoms with Crippen LogP contribution in [0.3, 0.4) is 0 Å². The lowest BCUT2D eigenvalue weighted by molar-refractivity contribution is 0.0149. The van der Waals surface area contributed by atoms with Crippen LogP contribution >= 0.6 is 15.9 Å². The number of hydrogen-bond acceptors (Lipinski definition) is 1. The molecule has 1 nitrogen and oxygen atoms in total. The minimum Gasteiger partial charge on any atom is -0.497 e. The van der Waals surface area contributed by atoms with Gasteiger partial charge in [0.15, 0.2) is 0 Å². The van der Waals surface area contributed by atoms with Crippen LogP contribution in [0, 0.1) is 11.8 Å². The van der Waals surface area contributed by atoms with Gasteiger partial charge in [-0.05, 0) is 73.5 Å². The van der Waals surface area contributed by atoms with Crippen molar-refractivity contribution in [3.8, 4) is 5.75 Å². The van der Waals surface area contributed by atoms with E-state index in [4.69, 9.17) is 4.74 Å². The molecule has 19 heavy (non-hydrogen) atoms. The van der Waals surface area contributed by atoms with Crippen molar-refractivity contribution >= 4 is 15.9 Å². The van der Waals surface area contributed by atoms with Gasteiger partial charge in [0.1, 0.15) is 5.75 Å². The van der Waals surface area contributed by atoms with Crippen LogP contribution in [0.2, 0.25) is 0 Å². The molecule has 4 bridgehead atoms. The molecule has 0 amide bonds. The van der Waals surface area contributed by atoms with E-state index in [1.54, 1.807) is 12.7 Å². The maximum atomic E-state index is 5.30. The number of hydrogen-bond donors (Lipinski definition) is 0. The lowest BCUT2D eigenvalue weighted by atomic mass is 9.48. The average molecular weight is 321 g/mol. The molecular weight excluding hydrogens is 300 g/mol. The quantitative estimate of drug-likeness (QED) is 0.719. The molecule has 2 heteroatoms. The number of ether oxygens (including phenoxy) is 1. The zero-order valence-corrected chi connectivity index (χ0v) is 13.1. The van der Waals surface area contributed by atoms with E-state index >= 15 is 0 Å². The van der Waals surface area contributed by atoms with Crippen molar-refractivity contribution in [1.29, 1.82) is 0 Å². The molecule has 4 aliphatic rings. The van der Waals surface area contributed by atoms with E-state index in [0.717, 1.165) is 17.6 Å². The monoisotopic (exact) mass is 320 g/mol. The summed E-state index contributed by atoms with van der Waals surface area (Å²) in [6.45, 7) is 0. The Bertz CT molecular complexity index is 478. The molecule has 4 fully saturated rings. The lowest BCUT2D eigenvalue weighted by Gasteiger charge is -2.60. The Morgan fingerprint density at radius 3 is 2.21 bits per heavy atom. The summed E-state index contributed by atoms with van der Waals surface area (Å²) in [5.41, 5.74) is 1.99. The zero-order chi connectivity index (χ0) is 13.1. The van der Waals surface area contributed by atoms with E-state index in [9.17, 15) is 0 Å². The van der Waals surface area contributed by atoms with Gasteiger partial charge in [0.2, 0.25) is 0 Å². The number of benzene rings is 1. The molecule has 4 saturated carbocycles. The summed E-state index contributed by atoms with van der Waals surface area (Å²) in [5, 5.41) is 0. The van der Waals surface area contributed by atoms with Crippen molar-refractivity contribution in [3.63, 3.8) is 0 Å². The standard InChI is InChI=1S/C17H21BrO/c1-19-15-4-2-14(3-5-15)16-7-12-6-13(8-16)10-17(18,9-12)11-16/h2-5,12-13H,6-11H2,1H3. The van der Waals surface area contributed by atoms with Crippen LogP contribution in [0.15, 0.2) is 24.3 Å². The third-order valence-corrected chi connectivity index (χ3v) is 6.62. The molecule has 2 atom stereocenters. The lowest BCUT2D eigenvalue weighted by Crippen LogP contribution is -2.54. The van der Waals surface area contributed by atoms with Gasteiger partial charge in [0, 0.05) is 4.32 Å². The van der Waals surface area contributed by atoms with Gasteiger partial charge in [-0.25, -0.2) is 0 Å². The molecule has 4 aliphatic carbocycles. The highest BCUT2D eigenvalue weighted by Crippen LogP contribution is 2.64. The van der Waals surface area contributed by atoms with Gasteiger partial charge in [-0.3, -0.25) is 0 Å². The highest BCUT2D eigenvalue weighted by atomic mass is 79.9. The molecule has 5 rings (SSSR count). The molecule has 2 unspecified atom stereocenters. The predicted molar refractivity (Wildman–Crippen MR) is 81.0 cm³/mol. The van der Waals surface area contributed by atoms with Crippen molar-refractivity contribution in [3.05, 3.63) is 29.8 Å². The summed E-state index contributed by atoms with van der Waals surface area (Å²) in [7, 11) is 1.74. The summed E-state index contributed by atoms with van der Waals surface area (Å²) >= 11 is 4.09. The molecule has 1 aromatic rings. The Morgan fingerprint density at radius 1 is 1.05 bits per heavy atom. The fraction of sp³-hybridized carbons (Fsp3) is 0.647. The third kappa shape index (κ3) is 1.86. The summed E-state index contributed by atoms with van der Waals surface area (Å²) in [5.74, 6) is 2.87. The van der Waals surface area contributed by atoms with Gasteiger partial charge in [-0.15, -0.1) is 0 Å². The largest absolute Gasteiger partial charge is 0.497 e. The van der Waals surface area contributed by atoms with Gasteiger partial charge in [-0.2, -0.15) is 0 Å². The molecular formula is C17H21BrO. The first-order chi connectivity index (χ1) is 9.11. The fourth-order valence-corrected chi connectivity index (χ4v) is 6.89. The fourth-order valence-electron chi connectivity index (χ4n) is 5.43. The highest BCUT2D eigenvalue weighted by Gasteiger charge is 2.57. The second kappa shape index (κ2) is 4.00. The number of alkyl halides is 1. The van der Waals surface area contributed by atoms with Crippen LogP contribution in [-0.2, 0) is 5.41 Å². The maximum Gasteiger partial charge on any atom is 0.118 e. The number of rotatable bonds is 2. The Hall–Kier alpha value is -0.500. The first-order valence-electron chi connectivity index (χ1n) is 7.44. The Kier molecular flexibility index (Phi) is 2.58. The zero-order valence-electron chi connectivity index (χ0n) is 11.5. The first-order valence-corrected chi connectivity index (χ1v) is 8.24. The van der Waals surface area contributed by atoms with Crippen molar-refractivity contribution in [1.82, 2.24) is 0 Å². The van der Waals surface area contributed by atoms with Crippen LogP contribution in [0.25, 0.3) is 0 Å². The average Bonchev–Trinajstić information content (AvgIpc) is 2.36. The van der Waals surface area contributed by atoms with Crippen LogP contribution in [-0.4, -0.2) is 11.4 Å². The van der Waals surface area contributed by atoms with E-state index in [1.807, 2.05) is 0 Å². The predicted octanol–water partition coefficient (Wildman–Crippen LogP) is 4.68. The number of halogens is 1. The second-order valence-corrected chi connectivity index (χ2v) is 8.80. The van der Waals surface area contributed by atoms with Crippen molar-refractivity contribution in [2.45, 2.75) is 48.3 Å². The minimum atomic E-state index is 0.441. The van der Waals surface area contributed by atoms with Gasteiger partial charge in [0.05, 0.1) is 7.11 Å². The molecule has 0 aliphatic heterocycles. The second-order valence-electron chi connectivity index (χ2n) is 7.12. The molecule has 0 heterocycles. The smallest absolute Gasteiger partial charge is 0.118 e. The molecule has 1 aromatic carbocycles. The van der Waals surface area contributed by atoms with E-state index < -0.39 is 0 Å². The third-order valence-electron chi connectivity index (χ3n) is 5.69. The first kappa shape index (κ1) is 12.3. The van der Waals surface area contributed by atoms with Gasteiger partial charge < -0.3 is 4.74 Å². The van der Waals surface area contributed by atoms with Crippen LogP contribution in [0.5, 0.6) is 5.75 Å². The van der Waals surface area contributed by atoms with E-state index in [-0.39, 0.29) is 0 Å². The van der Waals surface area contributed by atoms with Gasteiger partial charge in [-0.1, -0.05) is 28.1 Å². The summed E-state index contributed by atoms with van der Waals surface area (Å²) in [4.78, 5) is 0. The molecule has 0 saturated heterocycles. The molecule has 102 valence electrons. The van der Waals surface area contributed by atoms with Gasteiger partial charge in [0.25, 0.3) is 0 Å². The van der Waals surface area contributed by atoms with Crippen LogP contribution in [0.4, 0.5) is 0 Å². The Balaban J connectivity index is 1.72. The van der Waals surface area contributed by atoms with Crippen LogP contribution in [0.1, 0.15) is 44.1 Å². The molecule has 0 spiro atoms. The van der Waals surface area contributed by atoms with E-state index in [0.29, 0.717) is 9.74 Å². The van der Waals surface area contributed by atoms with Crippen LogP contribution < -0.4 is 4.74 Å². The molecule has 0 radical (unpaired) electrons.